The van der Waals surface area contributed by atoms with Crippen molar-refractivity contribution in [1.82, 2.24) is 5.32 Å². The van der Waals surface area contributed by atoms with E-state index in [2.05, 4.69) is 30.1 Å². The highest BCUT2D eigenvalue weighted by Crippen LogP contribution is 2.28. The van der Waals surface area contributed by atoms with E-state index in [0.717, 1.165) is 30.0 Å². The molecule has 3 rings (SSSR count). The summed E-state index contributed by atoms with van der Waals surface area (Å²) in [6.45, 7) is 9.86. The van der Waals surface area contributed by atoms with Crippen LogP contribution in [0.3, 0.4) is 0 Å². The van der Waals surface area contributed by atoms with Crippen molar-refractivity contribution < 1.29 is 9.59 Å². The van der Waals surface area contributed by atoms with Gasteiger partial charge in [-0.25, -0.2) is 4.99 Å². The molecule has 0 unspecified atom stereocenters. The Morgan fingerprint density at radius 3 is 2.35 bits per heavy atom. The Kier molecular flexibility index (Phi) is 7.08. The molecule has 0 heterocycles. The van der Waals surface area contributed by atoms with E-state index in [-0.39, 0.29) is 16.6 Å². The van der Waals surface area contributed by atoms with Gasteiger partial charge in [-0.3, -0.25) is 9.59 Å². The van der Waals surface area contributed by atoms with E-state index < -0.39 is 5.78 Å². The number of anilines is 1. The number of halogens is 1. The van der Waals surface area contributed by atoms with E-state index in [1.54, 1.807) is 37.3 Å². The van der Waals surface area contributed by atoms with Crippen LogP contribution in [0.25, 0.3) is 0 Å². The Hall–Kier alpha value is -3.18. The first-order valence-electron chi connectivity index (χ1n) is 10.3. The van der Waals surface area contributed by atoms with Gasteiger partial charge in [0.05, 0.1) is 22.1 Å². The first-order valence-corrected chi connectivity index (χ1v) is 10.7. The summed E-state index contributed by atoms with van der Waals surface area (Å²) in [6, 6.07) is 14.8. The van der Waals surface area contributed by atoms with Crippen molar-refractivity contribution in [3.8, 4) is 0 Å². The average Bonchev–Trinajstić information content (AvgIpc) is 2.78. The Morgan fingerprint density at radius 2 is 1.74 bits per heavy atom. The van der Waals surface area contributed by atoms with E-state index >= 15 is 0 Å². The fraction of sp³-hybridized carbons (Fsp3) is 0.240. The summed E-state index contributed by atoms with van der Waals surface area (Å²) in [4.78, 5) is 32.1. The second kappa shape index (κ2) is 9.75. The van der Waals surface area contributed by atoms with Crippen LogP contribution in [0.1, 0.15) is 36.7 Å². The number of aryl methyl sites for hydroxylation is 1. The number of Topliss-reactive ketones (excluding diaryl/α,β-unsaturated/α-hetero) is 1. The highest BCUT2D eigenvalue weighted by Gasteiger charge is 2.25. The quantitative estimate of drug-likeness (QED) is 0.624. The van der Waals surface area contributed by atoms with Crippen molar-refractivity contribution in [2.45, 2.75) is 27.7 Å². The third-order valence-electron chi connectivity index (χ3n) is 5.27. The number of nitrogens with zero attached hydrogens (tertiary/aromatic N) is 2. The van der Waals surface area contributed by atoms with Crippen LogP contribution in [0.15, 0.2) is 75.9 Å². The van der Waals surface area contributed by atoms with Gasteiger partial charge in [0.1, 0.15) is 0 Å². The summed E-state index contributed by atoms with van der Waals surface area (Å²) >= 11 is 6.30. The van der Waals surface area contributed by atoms with Gasteiger partial charge in [-0.15, -0.1) is 0 Å². The van der Waals surface area contributed by atoms with Crippen molar-refractivity contribution in [3.05, 3.63) is 82.0 Å². The zero-order valence-corrected chi connectivity index (χ0v) is 19.0. The number of rotatable bonds is 6. The van der Waals surface area contributed by atoms with Gasteiger partial charge in [0.25, 0.3) is 5.91 Å². The van der Waals surface area contributed by atoms with Crippen molar-refractivity contribution in [1.29, 1.82) is 0 Å². The van der Waals surface area contributed by atoms with Crippen molar-refractivity contribution in [2.24, 2.45) is 4.99 Å². The number of carbonyl (C=O) groups is 2. The van der Waals surface area contributed by atoms with Crippen molar-refractivity contribution in [3.63, 3.8) is 0 Å². The minimum Gasteiger partial charge on any atom is -0.372 e. The maximum Gasteiger partial charge on any atom is 0.255 e. The van der Waals surface area contributed by atoms with Crippen LogP contribution in [-0.2, 0) is 4.79 Å². The predicted molar refractivity (Wildman–Crippen MR) is 127 cm³/mol. The topological polar surface area (TPSA) is 61.8 Å². The van der Waals surface area contributed by atoms with Gasteiger partial charge in [-0.1, -0.05) is 29.8 Å². The maximum absolute atomic E-state index is 12.6. The van der Waals surface area contributed by atoms with Gasteiger partial charge in [-0.05, 0) is 75.2 Å². The molecular weight excluding hydrogens is 410 g/mol. The largest absolute Gasteiger partial charge is 0.372 e. The van der Waals surface area contributed by atoms with Crippen LogP contribution in [0, 0.1) is 6.92 Å². The fourth-order valence-electron chi connectivity index (χ4n) is 3.38. The SMILES string of the molecule is CCN(CC)c1ccc(/N=C2\C=C(NC(=O)c3ccccc3)C(=O)C(Cl)=C2C)c(C)c1. The molecule has 1 aliphatic rings. The lowest BCUT2D eigenvalue weighted by Gasteiger charge is -2.22. The number of ketones is 1. The molecule has 2 aromatic rings. The van der Waals surface area contributed by atoms with Gasteiger partial charge >= 0.3 is 0 Å². The first-order chi connectivity index (χ1) is 14.8. The van der Waals surface area contributed by atoms with Crippen LogP contribution in [0.4, 0.5) is 11.4 Å². The molecule has 0 radical (unpaired) electrons. The number of aliphatic imine (C=N–C) groups is 1. The summed E-state index contributed by atoms with van der Waals surface area (Å²) in [5.41, 5.74) is 4.64. The number of amides is 1. The van der Waals surface area contributed by atoms with Crippen LogP contribution in [0.5, 0.6) is 0 Å². The molecular formula is C25H26ClN3O2. The number of nitrogens with one attached hydrogen (secondary N) is 1. The second-order valence-corrected chi connectivity index (χ2v) is 7.66. The molecule has 0 aromatic heterocycles. The molecule has 31 heavy (non-hydrogen) atoms. The smallest absolute Gasteiger partial charge is 0.255 e. The number of benzene rings is 2. The van der Waals surface area contributed by atoms with Crippen LogP contribution in [0.2, 0.25) is 0 Å². The normalized spacial score (nSPS) is 15.2. The molecule has 0 saturated carbocycles. The molecule has 0 saturated heterocycles. The number of hydrogen-bond acceptors (Lipinski definition) is 4. The molecule has 0 spiro atoms. The monoisotopic (exact) mass is 435 g/mol. The van der Waals surface area contributed by atoms with Crippen molar-refractivity contribution >= 4 is 40.4 Å². The maximum atomic E-state index is 12.6. The van der Waals surface area contributed by atoms with E-state index in [0.29, 0.717) is 16.8 Å². The molecule has 5 nitrogen and oxygen atoms in total. The fourth-order valence-corrected chi connectivity index (χ4v) is 3.58. The first kappa shape index (κ1) is 22.5. The minimum absolute atomic E-state index is 0.0574. The minimum atomic E-state index is -0.420. The Balaban J connectivity index is 1.94. The molecule has 0 bridgehead atoms. The number of hydrogen-bond donors (Lipinski definition) is 1. The summed E-state index contributed by atoms with van der Waals surface area (Å²) < 4.78 is 0. The average molecular weight is 436 g/mol. The highest BCUT2D eigenvalue weighted by atomic mass is 35.5. The zero-order valence-electron chi connectivity index (χ0n) is 18.2. The van der Waals surface area contributed by atoms with Gasteiger partial charge in [0, 0.05) is 24.3 Å². The molecule has 1 aliphatic carbocycles. The highest BCUT2D eigenvalue weighted by molar-refractivity contribution is 6.49. The van der Waals surface area contributed by atoms with Gasteiger partial charge in [0.15, 0.2) is 0 Å². The standard InChI is InChI=1S/C25H26ClN3O2/c1-5-29(6-2)19-12-13-20(16(3)14-19)27-21-15-22(24(30)23(26)17(21)4)28-25(31)18-10-8-7-9-11-18/h7-15H,5-6H2,1-4H3,(H,28,31)/b27-21+. The Labute approximate surface area is 188 Å². The molecule has 1 amide bonds. The molecule has 1 N–H and O–H groups in total. The molecule has 0 fully saturated rings. The third kappa shape index (κ3) is 4.94. The summed E-state index contributed by atoms with van der Waals surface area (Å²) in [7, 11) is 0. The van der Waals surface area contributed by atoms with Crippen LogP contribution < -0.4 is 10.2 Å². The second-order valence-electron chi connectivity index (χ2n) is 7.29. The van der Waals surface area contributed by atoms with E-state index in [4.69, 9.17) is 16.6 Å². The zero-order chi connectivity index (χ0) is 22.5. The van der Waals surface area contributed by atoms with Crippen molar-refractivity contribution in [2.75, 3.05) is 18.0 Å². The lowest BCUT2D eigenvalue weighted by atomic mass is 10.0. The van der Waals surface area contributed by atoms with E-state index in [9.17, 15) is 9.59 Å². The summed E-state index contributed by atoms with van der Waals surface area (Å²) in [5.74, 6) is -0.792. The third-order valence-corrected chi connectivity index (χ3v) is 5.73. The predicted octanol–water partition coefficient (Wildman–Crippen LogP) is 5.32. The summed E-state index contributed by atoms with van der Waals surface area (Å²) in [5, 5.41) is 2.73. The number of carbonyl (C=O) groups excluding carboxylic acids is 2. The molecule has 6 heteroatoms. The lowest BCUT2D eigenvalue weighted by Crippen LogP contribution is -2.31. The van der Waals surface area contributed by atoms with Gasteiger partial charge < -0.3 is 10.2 Å². The molecule has 0 atom stereocenters. The van der Waals surface area contributed by atoms with E-state index in [1.165, 1.54) is 0 Å². The van der Waals surface area contributed by atoms with Crippen LogP contribution >= 0.6 is 11.6 Å². The van der Waals surface area contributed by atoms with Crippen LogP contribution in [-0.4, -0.2) is 30.5 Å². The van der Waals surface area contributed by atoms with E-state index in [1.807, 2.05) is 25.1 Å². The van der Waals surface area contributed by atoms with Gasteiger partial charge in [-0.2, -0.15) is 0 Å². The molecule has 160 valence electrons. The lowest BCUT2D eigenvalue weighted by molar-refractivity contribution is -0.112. The van der Waals surface area contributed by atoms with Gasteiger partial charge in [0.2, 0.25) is 5.78 Å². The Bertz CT molecular complexity index is 1100. The number of allylic oxidation sites excluding steroid dienone is 3. The Morgan fingerprint density at radius 1 is 1.06 bits per heavy atom. The summed E-state index contributed by atoms with van der Waals surface area (Å²) in [6.07, 6.45) is 1.59. The molecule has 0 aliphatic heterocycles. The molecule has 2 aromatic carbocycles.